The lowest BCUT2D eigenvalue weighted by atomic mass is 9.77. The molecular weight excluding hydrogens is 393 g/mol. The van der Waals surface area contributed by atoms with E-state index in [2.05, 4.69) is 5.32 Å². The van der Waals surface area contributed by atoms with Gasteiger partial charge in [-0.25, -0.2) is 9.59 Å². The van der Waals surface area contributed by atoms with E-state index in [0.29, 0.717) is 5.47 Å². The first kappa shape index (κ1) is 23.4. The molecule has 0 saturated carbocycles. The lowest BCUT2D eigenvalue weighted by Crippen LogP contribution is -2.41. The van der Waals surface area contributed by atoms with Gasteiger partial charge < -0.3 is 24.5 Å². The summed E-state index contributed by atoms with van der Waals surface area (Å²) in [6, 6.07) is 1.63. The molecule has 2 N–H and O–H groups in total. The fraction of sp³-hybridized carbons (Fsp3) is 0.600. The summed E-state index contributed by atoms with van der Waals surface area (Å²) in [6.07, 6.45) is 1.28. The van der Waals surface area contributed by atoms with Crippen molar-refractivity contribution in [1.29, 1.82) is 0 Å². The van der Waals surface area contributed by atoms with Crippen molar-refractivity contribution in [3.8, 4) is 0 Å². The van der Waals surface area contributed by atoms with Gasteiger partial charge in [-0.1, -0.05) is 0 Å². The van der Waals surface area contributed by atoms with Crippen molar-refractivity contribution < 1.29 is 28.7 Å². The smallest absolute Gasteiger partial charge is 0.477 e. The summed E-state index contributed by atoms with van der Waals surface area (Å²) >= 11 is 1.17. The number of nitrogens with one attached hydrogen (secondary N) is 1. The van der Waals surface area contributed by atoms with E-state index in [1.807, 2.05) is 40.7 Å². The zero-order chi connectivity index (χ0) is 22.2. The molecule has 0 aromatic carbocycles. The van der Waals surface area contributed by atoms with Crippen LogP contribution in [0.5, 0.6) is 0 Å². The molecule has 0 radical (unpaired) electrons. The molecular formula is C20H30BNO6S. The maximum absolute atomic E-state index is 12.1. The highest BCUT2D eigenvalue weighted by Crippen LogP contribution is 2.39. The van der Waals surface area contributed by atoms with Gasteiger partial charge in [0.25, 0.3) is 0 Å². The monoisotopic (exact) mass is 423 g/mol. The number of rotatable bonds is 5. The maximum Gasteiger partial charge on any atom is 0.492 e. The number of ether oxygens (including phenoxy) is 1. The van der Waals surface area contributed by atoms with Crippen LogP contribution in [-0.4, -0.2) is 47.6 Å². The van der Waals surface area contributed by atoms with Gasteiger partial charge in [-0.2, -0.15) is 0 Å². The summed E-state index contributed by atoms with van der Waals surface area (Å²) in [5.41, 5.74) is -0.187. The Morgan fingerprint density at radius 3 is 2.24 bits per heavy atom. The van der Waals surface area contributed by atoms with E-state index >= 15 is 0 Å². The molecule has 1 aromatic rings. The number of alkyl carbamates (subject to hydrolysis) is 1. The summed E-state index contributed by atoms with van der Waals surface area (Å²) < 4.78 is 17.6. The molecule has 7 nitrogen and oxygen atoms in total. The minimum absolute atomic E-state index is 0.144. The molecule has 0 aliphatic carbocycles. The molecule has 0 unspecified atom stereocenters. The van der Waals surface area contributed by atoms with Crippen molar-refractivity contribution >= 4 is 36.6 Å². The predicted molar refractivity (Wildman–Crippen MR) is 114 cm³/mol. The van der Waals surface area contributed by atoms with Crippen molar-refractivity contribution in [3.63, 3.8) is 0 Å². The summed E-state index contributed by atoms with van der Waals surface area (Å²) in [5.74, 6) is -0.971. The Balaban J connectivity index is 2.31. The Bertz CT molecular complexity index is 805. The number of thiophene rings is 1. The maximum atomic E-state index is 12.1. The number of hydrogen-bond donors (Lipinski definition) is 2. The van der Waals surface area contributed by atoms with Gasteiger partial charge in [0, 0.05) is 11.4 Å². The lowest BCUT2D eigenvalue weighted by molar-refractivity contribution is 0.00578. The van der Waals surface area contributed by atoms with Gasteiger partial charge in [0.2, 0.25) is 0 Å². The van der Waals surface area contributed by atoms with Crippen LogP contribution in [0.1, 0.15) is 68.6 Å². The highest BCUT2D eigenvalue weighted by atomic mass is 32.1. The van der Waals surface area contributed by atoms with Crippen LogP contribution in [-0.2, 0) is 14.0 Å². The van der Waals surface area contributed by atoms with Crippen molar-refractivity contribution in [2.24, 2.45) is 0 Å². The summed E-state index contributed by atoms with van der Waals surface area (Å²) in [7, 11) is -0.676. The van der Waals surface area contributed by atoms with E-state index in [4.69, 9.17) is 14.0 Å². The van der Waals surface area contributed by atoms with Crippen LogP contribution in [0.25, 0.3) is 6.08 Å². The number of carbonyl (C=O) groups excluding carboxylic acids is 1. The second-order valence-electron chi connectivity index (χ2n) is 9.13. The largest absolute Gasteiger partial charge is 0.492 e. The van der Waals surface area contributed by atoms with Gasteiger partial charge in [0.15, 0.2) is 0 Å². The zero-order valence-corrected chi connectivity index (χ0v) is 19.2. The molecule has 2 rings (SSSR count). The molecule has 0 atom stereocenters. The Morgan fingerprint density at radius 2 is 1.79 bits per heavy atom. The van der Waals surface area contributed by atoms with Crippen LogP contribution >= 0.6 is 11.3 Å². The number of hydrogen-bond acceptors (Lipinski definition) is 6. The molecule has 29 heavy (non-hydrogen) atoms. The van der Waals surface area contributed by atoms with Crippen LogP contribution in [0.2, 0.25) is 0 Å². The first-order valence-electron chi connectivity index (χ1n) is 9.48. The summed E-state index contributed by atoms with van der Waals surface area (Å²) in [6.45, 7) is 15.2. The normalized spacial score (nSPS) is 18.6. The van der Waals surface area contributed by atoms with Gasteiger partial charge in [-0.3, -0.25) is 0 Å². The second-order valence-corrected chi connectivity index (χ2v) is 10.2. The molecule has 2 heterocycles. The van der Waals surface area contributed by atoms with Gasteiger partial charge in [-0.05, 0) is 78.6 Å². The molecule has 160 valence electrons. The van der Waals surface area contributed by atoms with Crippen molar-refractivity contribution in [1.82, 2.24) is 5.32 Å². The molecule has 1 amide bonds. The molecule has 1 aromatic heterocycles. The fourth-order valence-electron chi connectivity index (χ4n) is 2.60. The molecule has 1 saturated heterocycles. The quantitative estimate of drug-likeness (QED) is 0.686. The van der Waals surface area contributed by atoms with Crippen molar-refractivity contribution in [2.45, 2.75) is 72.2 Å². The van der Waals surface area contributed by atoms with E-state index in [9.17, 15) is 14.7 Å². The molecule has 1 aliphatic rings. The number of carboxylic acid groups (broad SMARTS) is 1. The minimum atomic E-state index is -0.971. The highest BCUT2D eigenvalue weighted by Gasteiger charge is 2.52. The molecule has 0 bridgehead atoms. The number of aromatic carboxylic acids is 1. The Hall–Kier alpha value is -1.84. The van der Waals surface area contributed by atoms with Crippen LogP contribution in [0.15, 0.2) is 11.5 Å². The summed E-state index contributed by atoms with van der Waals surface area (Å²) in [4.78, 5) is 24.4. The third kappa shape index (κ3) is 5.84. The minimum Gasteiger partial charge on any atom is -0.477 e. The Labute approximate surface area is 176 Å². The lowest BCUT2D eigenvalue weighted by Gasteiger charge is -2.32. The Morgan fingerprint density at radius 1 is 1.24 bits per heavy atom. The van der Waals surface area contributed by atoms with E-state index in [-0.39, 0.29) is 11.4 Å². The molecule has 1 aliphatic heterocycles. The third-order valence-corrected chi connectivity index (χ3v) is 6.05. The Kier molecular flexibility index (Phi) is 6.57. The average Bonchev–Trinajstić information content (AvgIpc) is 2.99. The van der Waals surface area contributed by atoms with Crippen LogP contribution in [0, 0.1) is 6.92 Å². The molecule has 1 fully saturated rings. The molecule has 9 heteroatoms. The fourth-order valence-corrected chi connectivity index (χ4v) is 3.59. The topological polar surface area (TPSA) is 94.1 Å². The number of carboxylic acids is 1. The highest BCUT2D eigenvalue weighted by molar-refractivity contribution is 7.15. The predicted octanol–water partition coefficient (Wildman–Crippen LogP) is 4.29. The SMILES string of the molecule is Cc1cc(C(=O)O)sc1C=C(CNC(=O)OC(C)(C)C)B1OC(C)(C)C(C)(C)O1. The standard InChI is InChI=1S/C20H30BNO6S/c1-12-9-15(16(23)24)29-14(12)10-13(11-22-17(25)26-18(2,3)4)21-27-19(5,6)20(7,8)28-21/h9-10H,11H2,1-8H3,(H,22,25)(H,23,24). The first-order chi connectivity index (χ1) is 13.1. The van der Waals surface area contributed by atoms with Crippen LogP contribution in [0.4, 0.5) is 4.79 Å². The van der Waals surface area contributed by atoms with Crippen molar-refractivity contribution in [3.05, 3.63) is 26.9 Å². The van der Waals surface area contributed by atoms with Gasteiger partial charge >= 0.3 is 19.2 Å². The van der Waals surface area contributed by atoms with Gasteiger partial charge in [-0.15, -0.1) is 11.3 Å². The van der Waals surface area contributed by atoms with Gasteiger partial charge in [0.1, 0.15) is 10.5 Å². The van der Waals surface area contributed by atoms with E-state index in [1.54, 1.807) is 26.8 Å². The average molecular weight is 423 g/mol. The first-order valence-corrected chi connectivity index (χ1v) is 10.3. The molecule has 0 spiro atoms. The number of carbonyl (C=O) groups is 2. The third-order valence-electron chi connectivity index (χ3n) is 4.88. The van der Waals surface area contributed by atoms with E-state index in [1.165, 1.54) is 11.3 Å². The summed E-state index contributed by atoms with van der Waals surface area (Å²) in [5, 5.41) is 12.0. The zero-order valence-electron chi connectivity index (χ0n) is 18.3. The number of aryl methyl sites for hydroxylation is 1. The van der Waals surface area contributed by atoms with Gasteiger partial charge in [0.05, 0.1) is 11.2 Å². The second kappa shape index (κ2) is 8.12. The van der Waals surface area contributed by atoms with Crippen LogP contribution in [0.3, 0.4) is 0 Å². The van der Waals surface area contributed by atoms with E-state index in [0.717, 1.165) is 10.4 Å². The van der Waals surface area contributed by atoms with Crippen molar-refractivity contribution in [2.75, 3.05) is 6.54 Å². The van der Waals surface area contributed by atoms with Crippen LogP contribution < -0.4 is 5.32 Å². The van der Waals surface area contributed by atoms with E-state index < -0.39 is 36.0 Å². The number of amides is 1.